The number of unbranched alkanes of at least 4 members (excludes halogenated alkanes) is 4. The predicted molar refractivity (Wildman–Crippen MR) is 89.1 cm³/mol. The molecule has 7 heteroatoms. The van der Waals surface area contributed by atoms with Crippen molar-refractivity contribution in [2.45, 2.75) is 57.8 Å². The Kier molecular flexibility index (Phi) is 14.2. The molecule has 0 aromatic rings. The molecule has 0 aromatic carbocycles. The van der Waals surface area contributed by atoms with E-state index in [2.05, 4.69) is 16.0 Å². The molecule has 0 rings (SSSR count). The lowest BCUT2D eigenvalue weighted by molar-refractivity contribution is -0.137. The highest BCUT2D eigenvalue weighted by Gasteiger charge is 2.02. The third kappa shape index (κ3) is 16.6. The highest BCUT2D eigenvalue weighted by Crippen LogP contribution is 2.01. The van der Waals surface area contributed by atoms with Crippen LogP contribution >= 0.6 is 0 Å². The van der Waals surface area contributed by atoms with E-state index >= 15 is 0 Å². The first-order valence-corrected chi connectivity index (χ1v) is 8.46. The summed E-state index contributed by atoms with van der Waals surface area (Å²) < 4.78 is 0. The number of hydrogen-bond donors (Lipinski definition) is 4. The Balaban J connectivity index is 3.30. The maximum absolute atomic E-state index is 11.6. The fourth-order valence-corrected chi connectivity index (χ4v) is 2.04. The van der Waals surface area contributed by atoms with Crippen molar-refractivity contribution in [3.8, 4) is 0 Å². The van der Waals surface area contributed by atoms with Gasteiger partial charge in [-0.1, -0.05) is 12.8 Å². The van der Waals surface area contributed by atoms with E-state index in [-0.39, 0.29) is 18.2 Å². The van der Waals surface area contributed by atoms with E-state index < -0.39 is 5.97 Å². The fraction of sp³-hybridized carbons (Fsp3) is 0.812. The molecule has 0 aromatic heterocycles. The van der Waals surface area contributed by atoms with Crippen LogP contribution in [0.2, 0.25) is 0 Å². The lowest BCUT2D eigenvalue weighted by Gasteiger charge is -2.06. The SMILES string of the molecule is CNCCC(=O)NCCCCCC(=O)NCCCCCC(=O)O. The maximum Gasteiger partial charge on any atom is 0.303 e. The van der Waals surface area contributed by atoms with Crippen molar-refractivity contribution < 1.29 is 19.5 Å². The van der Waals surface area contributed by atoms with Gasteiger partial charge in [-0.15, -0.1) is 0 Å². The summed E-state index contributed by atoms with van der Waals surface area (Å²) in [6.07, 6.45) is 6.10. The van der Waals surface area contributed by atoms with Crippen LogP contribution < -0.4 is 16.0 Å². The van der Waals surface area contributed by atoms with Crippen LogP contribution in [0.5, 0.6) is 0 Å². The molecule has 0 spiro atoms. The number of carbonyl (C=O) groups is 3. The molecule has 0 aliphatic heterocycles. The number of hydrogen-bond acceptors (Lipinski definition) is 4. The lowest BCUT2D eigenvalue weighted by atomic mass is 10.1. The van der Waals surface area contributed by atoms with Crippen molar-refractivity contribution in [1.29, 1.82) is 0 Å². The number of rotatable bonds is 15. The van der Waals surface area contributed by atoms with Crippen LogP contribution in [0.25, 0.3) is 0 Å². The quantitative estimate of drug-likeness (QED) is 0.336. The Morgan fingerprint density at radius 2 is 1.22 bits per heavy atom. The highest BCUT2D eigenvalue weighted by atomic mass is 16.4. The molecule has 2 amide bonds. The van der Waals surface area contributed by atoms with Gasteiger partial charge >= 0.3 is 5.97 Å². The summed E-state index contributed by atoms with van der Waals surface area (Å²) in [4.78, 5) is 33.2. The molecule has 0 bridgehead atoms. The van der Waals surface area contributed by atoms with Crippen molar-refractivity contribution in [2.75, 3.05) is 26.7 Å². The van der Waals surface area contributed by atoms with E-state index in [1.54, 1.807) is 0 Å². The Hall–Kier alpha value is -1.63. The summed E-state index contributed by atoms with van der Waals surface area (Å²) >= 11 is 0. The van der Waals surface area contributed by atoms with Crippen LogP contribution in [-0.2, 0) is 14.4 Å². The monoisotopic (exact) mass is 329 g/mol. The molecule has 23 heavy (non-hydrogen) atoms. The molecule has 0 fully saturated rings. The zero-order valence-corrected chi connectivity index (χ0v) is 14.2. The normalized spacial score (nSPS) is 10.3. The maximum atomic E-state index is 11.6. The van der Waals surface area contributed by atoms with E-state index in [4.69, 9.17) is 5.11 Å². The van der Waals surface area contributed by atoms with Gasteiger partial charge in [0.1, 0.15) is 0 Å². The summed E-state index contributed by atoms with van der Waals surface area (Å²) in [5, 5.41) is 17.1. The highest BCUT2D eigenvalue weighted by molar-refractivity contribution is 5.76. The molecule has 0 aliphatic carbocycles. The zero-order chi connectivity index (χ0) is 17.3. The van der Waals surface area contributed by atoms with E-state index in [9.17, 15) is 14.4 Å². The van der Waals surface area contributed by atoms with Crippen LogP contribution in [-0.4, -0.2) is 49.6 Å². The molecule has 134 valence electrons. The first-order chi connectivity index (χ1) is 11.1. The number of aliphatic carboxylic acids is 1. The Morgan fingerprint density at radius 3 is 1.74 bits per heavy atom. The molecule has 0 atom stereocenters. The van der Waals surface area contributed by atoms with Crippen molar-refractivity contribution in [3.63, 3.8) is 0 Å². The van der Waals surface area contributed by atoms with Crippen LogP contribution in [0.4, 0.5) is 0 Å². The first-order valence-electron chi connectivity index (χ1n) is 8.46. The van der Waals surface area contributed by atoms with Gasteiger partial charge in [0.15, 0.2) is 0 Å². The minimum atomic E-state index is -0.771. The average molecular weight is 329 g/mol. The van der Waals surface area contributed by atoms with Gasteiger partial charge in [0.05, 0.1) is 0 Å². The second-order valence-corrected chi connectivity index (χ2v) is 5.57. The molecule has 0 aliphatic rings. The van der Waals surface area contributed by atoms with Crippen molar-refractivity contribution in [1.82, 2.24) is 16.0 Å². The van der Waals surface area contributed by atoms with Crippen LogP contribution in [0.15, 0.2) is 0 Å². The number of carboxylic acids is 1. The molecule has 0 unspecified atom stereocenters. The van der Waals surface area contributed by atoms with Crippen LogP contribution in [0.3, 0.4) is 0 Å². The van der Waals surface area contributed by atoms with Gasteiger partial charge < -0.3 is 21.1 Å². The number of carboxylic acid groups (broad SMARTS) is 1. The van der Waals surface area contributed by atoms with Gasteiger partial charge in [-0.05, 0) is 32.7 Å². The molecule has 0 heterocycles. The lowest BCUT2D eigenvalue weighted by Crippen LogP contribution is -2.27. The van der Waals surface area contributed by atoms with Gasteiger partial charge in [-0.3, -0.25) is 14.4 Å². The first kappa shape index (κ1) is 21.4. The predicted octanol–water partition coefficient (Wildman–Crippen LogP) is 1.03. The van der Waals surface area contributed by atoms with Crippen LogP contribution in [0.1, 0.15) is 57.8 Å². The Labute approximate surface area is 138 Å². The van der Waals surface area contributed by atoms with Gasteiger partial charge in [0.25, 0.3) is 0 Å². The van der Waals surface area contributed by atoms with Crippen molar-refractivity contribution in [2.24, 2.45) is 0 Å². The van der Waals surface area contributed by atoms with E-state index in [1.165, 1.54) is 0 Å². The molecule has 7 nitrogen and oxygen atoms in total. The topological polar surface area (TPSA) is 108 Å². The van der Waals surface area contributed by atoms with Crippen molar-refractivity contribution >= 4 is 17.8 Å². The van der Waals surface area contributed by atoms with E-state index in [0.29, 0.717) is 38.9 Å². The third-order valence-corrected chi connectivity index (χ3v) is 3.39. The molecule has 0 saturated heterocycles. The fourth-order valence-electron chi connectivity index (χ4n) is 2.04. The molecular weight excluding hydrogens is 298 g/mol. The minimum absolute atomic E-state index is 0.0429. The Morgan fingerprint density at radius 1 is 0.696 bits per heavy atom. The summed E-state index contributed by atoms with van der Waals surface area (Å²) in [5.74, 6) is -0.673. The molecular formula is C16H31N3O4. The smallest absolute Gasteiger partial charge is 0.303 e. The van der Waals surface area contributed by atoms with Gasteiger partial charge in [0.2, 0.25) is 11.8 Å². The van der Waals surface area contributed by atoms with E-state index in [1.807, 2.05) is 7.05 Å². The molecule has 4 N–H and O–H groups in total. The minimum Gasteiger partial charge on any atom is -0.481 e. The van der Waals surface area contributed by atoms with E-state index in [0.717, 1.165) is 32.1 Å². The second kappa shape index (κ2) is 15.3. The number of carbonyl (C=O) groups excluding carboxylic acids is 2. The third-order valence-electron chi connectivity index (χ3n) is 3.39. The molecule has 0 saturated carbocycles. The average Bonchev–Trinajstić information content (AvgIpc) is 2.51. The number of nitrogens with one attached hydrogen (secondary N) is 3. The largest absolute Gasteiger partial charge is 0.481 e. The summed E-state index contributed by atoms with van der Waals surface area (Å²) in [6.45, 7) is 1.95. The van der Waals surface area contributed by atoms with Gasteiger partial charge in [-0.25, -0.2) is 0 Å². The Bertz CT molecular complexity index is 348. The standard InChI is InChI=1S/C16H31N3O4/c1-17-13-10-15(21)19-12-6-2-4-8-14(20)18-11-7-3-5-9-16(22)23/h17H,2-13H2,1H3,(H,18,20)(H,19,21)(H,22,23). The summed E-state index contributed by atoms with van der Waals surface area (Å²) in [6, 6.07) is 0. The zero-order valence-electron chi connectivity index (χ0n) is 14.2. The molecule has 0 radical (unpaired) electrons. The van der Waals surface area contributed by atoms with Crippen LogP contribution in [0, 0.1) is 0 Å². The van der Waals surface area contributed by atoms with Gasteiger partial charge in [0, 0.05) is 38.9 Å². The van der Waals surface area contributed by atoms with Gasteiger partial charge in [-0.2, -0.15) is 0 Å². The second-order valence-electron chi connectivity index (χ2n) is 5.57. The van der Waals surface area contributed by atoms with Crippen molar-refractivity contribution in [3.05, 3.63) is 0 Å². The summed E-state index contributed by atoms with van der Waals surface area (Å²) in [7, 11) is 1.81. The number of amides is 2. The summed E-state index contributed by atoms with van der Waals surface area (Å²) in [5.41, 5.74) is 0.